The molecule has 0 bridgehead atoms. The van der Waals surface area contributed by atoms with Crippen molar-refractivity contribution in [2.45, 2.75) is 52.2 Å². The summed E-state index contributed by atoms with van der Waals surface area (Å²) in [5.41, 5.74) is -2.18. The van der Waals surface area contributed by atoms with Gasteiger partial charge in [-0.2, -0.15) is 0 Å². The van der Waals surface area contributed by atoms with E-state index < -0.39 is 29.1 Å². The lowest BCUT2D eigenvalue weighted by Gasteiger charge is -2.59. The average Bonchev–Trinajstić information content (AvgIpc) is 2.22. The Balaban J connectivity index is 2.64. The van der Waals surface area contributed by atoms with Gasteiger partial charge in [0.1, 0.15) is 5.60 Å². The van der Waals surface area contributed by atoms with Crippen molar-refractivity contribution in [1.29, 1.82) is 0 Å². The second-order valence-electron chi connectivity index (χ2n) is 7.15. The van der Waals surface area contributed by atoms with E-state index in [2.05, 4.69) is 0 Å². The van der Waals surface area contributed by atoms with Crippen LogP contribution >= 0.6 is 0 Å². The maximum atomic E-state index is 12.4. The maximum Gasteiger partial charge on any atom is 0.160 e. The van der Waals surface area contributed by atoms with Crippen molar-refractivity contribution in [2.75, 3.05) is 6.61 Å². The summed E-state index contributed by atoms with van der Waals surface area (Å²) in [4.78, 5) is 12.4. The second kappa shape index (κ2) is 4.14. The zero-order valence-corrected chi connectivity index (χ0v) is 12.1. The zero-order chi connectivity index (χ0) is 14.6. The number of hydrogen-bond donors (Lipinski definition) is 3. The third kappa shape index (κ3) is 1.81. The summed E-state index contributed by atoms with van der Waals surface area (Å²) < 4.78 is 0. The first-order valence-corrected chi connectivity index (χ1v) is 6.82. The number of ketones is 1. The third-order valence-corrected chi connectivity index (χ3v) is 5.31. The van der Waals surface area contributed by atoms with Gasteiger partial charge in [-0.1, -0.05) is 20.8 Å². The molecule has 1 fully saturated rings. The number of fused-ring (bicyclic) bond motifs is 1. The van der Waals surface area contributed by atoms with Gasteiger partial charge in [0, 0.05) is 11.3 Å². The minimum Gasteiger partial charge on any atom is -0.393 e. The molecule has 0 aromatic heterocycles. The predicted octanol–water partition coefficient (Wildman–Crippen LogP) is 1.04. The van der Waals surface area contributed by atoms with Crippen molar-refractivity contribution in [3.05, 3.63) is 11.6 Å². The lowest BCUT2D eigenvalue weighted by Crippen LogP contribution is -2.65. The maximum absolute atomic E-state index is 12.4. The highest BCUT2D eigenvalue weighted by Gasteiger charge is 2.63. The molecule has 1 saturated carbocycles. The van der Waals surface area contributed by atoms with Crippen LogP contribution in [0.4, 0.5) is 0 Å². The number of aliphatic hydroxyl groups excluding tert-OH is 2. The van der Waals surface area contributed by atoms with Crippen LogP contribution in [-0.2, 0) is 4.79 Å². The van der Waals surface area contributed by atoms with Gasteiger partial charge in [-0.3, -0.25) is 4.79 Å². The van der Waals surface area contributed by atoms with E-state index in [4.69, 9.17) is 0 Å². The molecular formula is C15H24O4. The molecule has 0 heterocycles. The van der Waals surface area contributed by atoms with Crippen LogP contribution in [0, 0.1) is 16.7 Å². The molecule has 0 aromatic rings. The first-order valence-electron chi connectivity index (χ1n) is 6.82. The van der Waals surface area contributed by atoms with Crippen LogP contribution in [0.15, 0.2) is 11.6 Å². The molecule has 0 radical (unpaired) electrons. The van der Waals surface area contributed by atoms with E-state index in [-0.39, 0.29) is 11.7 Å². The van der Waals surface area contributed by atoms with Gasteiger partial charge in [-0.15, -0.1) is 0 Å². The smallest absolute Gasteiger partial charge is 0.160 e. The van der Waals surface area contributed by atoms with Gasteiger partial charge in [0.15, 0.2) is 5.78 Å². The van der Waals surface area contributed by atoms with Crippen LogP contribution in [0.1, 0.15) is 40.5 Å². The van der Waals surface area contributed by atoms with E-state index in [1.165, 1.54) is 6.08 Å². The Labute approximate surface area is 114 Å². The topological polar surface area (TPSA) is 77.8 Å². The molecule has 19 heavy (non-hydrogen) atoms. The minimum atomic E-state index is -1.44. The van der Waals surface area contributed by atoms with Crippen molar-refractivity contribution in [2.24, 2.45) is 16.7 Å². The summed E-state index contributed by atoms with van der Waals surface area (Å²) in [6.07, 6.45) is 1.76. The average molecular weight is 268 g/mol. The SMILES string of the molecule is CC1=CC(=O)[C@@H]2C(C)(C)C[C@H](O)C[C@@]2(C)[C@]1(O)CO. The standard InChI is InChI=1S/C15H24O4/c1-9-5-11(18)12-13(2,3)6-10(17)7-14(12,4)15(9,19)8-16/h5,10,12,16-17,19H,6-8H2,1-4H3/t10-,12+,14+,15-/m0/s1. The highest BCUT2D eigenvalue weighted by molar-refractivity contribution is 5.95. The zero-order valence-electron chi connectivity index (χ0n) is 12.1. The van der Waals surface area contributed by atoms with Gasteiger partial charge >= 0.3 is 0 Å². The van der Waals surface area contributed by atoms with Crippen molar-refractivity contribution in [1.82, 2.24) is 0 Å². The van der Waals surface area contributed by atoms with Crippen LogP contribution in [0.3, 0.4) is 0 Å². The first kappa shape index (κ1) is 14.7. The molecule has 0 spiro atoms. The predicted molar refractivity (Wildman–Crippen MR) is 71.4 cm³/mol. The van der Waals surface area contributed by atoms with E-state index in [0.29, 0.717) is 18.4 Å². The number of rotatable bonds is 1. The van der Waals surface area contributed by atoms with E-state index in [1.807, 2.05) is 20.8 Å². The monoisotopic (exact) mass is 268 g/mol. The van der Waals surface area contributed by atoms with Crippen LogP contribution in [0.25, 0.3) is 0 Å². The van der Waals surface area contributed by atoms with E-state index >= 15 is 0 Å². The molecule has 3 N–H and O–H groups in total. The Morgan fingerprint density at radius 2 is 1.89 bits per heavy atom. The fourth-order valence-electron chi connectivity index (χ4n) is 4.55. The van der Waals surface area contributed by atoms with Gasteiger partial charge in [0.2, 0.25) is 0 Å². The van der Waals surface area contributed by atoms with Gasteiger partial charge < -0.3 is 15.3 Å². The molecule has 0 saturated heterocycles. The minimum absolute atomic E-state index is 0.00461. The molecule has 4 atom stereocenters. The molecule has 2 rings (SSSR count). The van der Waals surface area contributed by atoms with Gasteiger partial charge in [-0.25, -0.2) is 0 Å². The summed E-state index contributed by atoms with van der Waals surface area (Å²) in [5.74, 6) is -0.390. The lowest BCUT2D eigenvalue weighted by atomic mass is 9.46. The van der Waals surface area contributed by atoms with E-state index in [9.17, 15) is 20.1 Å². The highest BCUT2D eigenvalue weighted by Crippen LogP contribution is 2.59. The van der Waals surface area contributed by atoms with Gasteiger partial charge in [0.05, 0.1) is 12.7 Å². The largest absolute Gasteiger partial charge is 0.393 e. The molecule has 108 valence electrons. The van der Waals surface area contributed by atoms with Crippen LogP contribution < -0.4 is 0 Å². The number of allylic oxidation sites excluding steroid dienone is 1. The molecule has 0 unspecified atom stereocenters. The Morgan fingerprint density at radius 1 is 1.32 bits per heavy atom. The Kier molecular flexibility index (Phi) is 3.20. The number of carbonyl (C=O) groups is 1. The van der Waals surface area contributed by atoms with Crippen molar-refractivity contribution in [3.8, 4) is 0 Å². The molecule has 4 nitrogen and oxygen atoms in total. The second-order valence-corrected chi connectivity index (χ2v) is 7.15. The van der Waals surface area contributed by atoms with Crippen LogP contribution in [-0.4, -0.2) is 39.4 Å². The quantitative estimate of drug-likeness (QED) is 0.664. The normalized spacial score (nSPS) is 45.6. The molecular weight excluding hydrogens is 244 g/mol. The number of hydrogen-bond acceptors (Lipinski definition) is 4. The summed E-state index contributed by atoms with van der Waals surface area (Å²) in [6, 6.07) is 0. The Hall–Kier alpha value is -0.710. The fourth-order valence-corrected chi connectivity index (χ4v) is 4.55. The summed E-state index contributed by atoms with van der Waals surface area (Å²) >= 11 is 0. The van der Waals surface area contributed by atoms with E-state index in [1.54, 1.807) is 6.92 Å². The number of carbonyl (C=O) groups excluding carboxylic acids is 1. The van der Waals surface area contributed by atoms with Crippen molar-refractivity contribution >= 4 is 5.78 Å². The first-order chi connectivity index (χ1) is 8.58. The molecule has 2 aliphatic rings. The van der Waals surface area contributed by atoms with Gasteiger partial charge in [-0.05, 0) is 36.8 Å². The fraction of sp³-hybridized carbons (Fsp3) is 0.800. The highest BCUT2D eigenvalue weighted by atomic mass is 16.3. The molecule has 2 aliphatic carbocycles. The molecule has 0 amide bonds. The van der Waals surface area contributed by atoms with Crippen LogP contribution in [0.5, 0.6) is 0 Å². The third-order valence-electron chi connectivity index (χ3n) is 5.31. The molecule has 0 aromatic carbocycles. The van der Waals surface area contributed by atoms with Gasteiger partial charge in [0.25, 0.3) is 0 Å². The molecule has 4 heteroatoms. The lowest BCUT2D eigenvalue weighted by molar-refractivity contribution is -0.186. The number of aliphatic hydroxyl groups is 3. The summed E-state index contributed by atoms with van der Waals surface area (Å²) in [6.45, 7) is 6.94. The van der Waals surface area contributed by atoms with Crippen LogP contribution in [0.2, 0.25) is 0 Å². The Morgan fingerprint density at radius 3 is 2.42 bits per heavy atom. The van der Waals surface area contributed by atoms with Crippen molar-refractivity contribution < 1.29 is 20.1 Å². The summed E-state index contributed by atoms with van der Waals surface area (Å²) in [7, 11) is 0. The Bertz CT molecular complexity index is 439. The summed E-state index contributed by atoms with van der Waals surface area (Å²) in [5, 5.41) is 30.7. The molecule has 0 aliphatic heterocycles. The van der Waals surface area contributed by atoms with E-state index in [0.717, 1.165) is 0 Å². The van der Waals surface area contributed by atoms with Crippen molar-refractivity contribution in [3.63, 3.8) is 0 Å².